The van der Waals surface area contributed by atoms with Gasteiger partial charge in [0.05, 0.1) is 11.0 Å². The van der Waals surface area contributed by atoms with Crippen molar-refractivity contribution in [1.82, 2.24) is 0 Å². The molecule has 0 bridgehead atoms. The molecule has 1 heterocycles. The van der Waals surface area contributed by atoms with Crippen LogP contribution in [0.3, 0.4) is 0 Å². The third-order valence-corrected chi connectivity index (χ3v) is 4.17. The van der Waals surface area contributed by atoms with Crippen molar-refractivity contribution in [1.29, 1.82) is 0 Å². The Balaban J connectivity index is 2.02. The van der Waals surface area contributed by atoms with Gasteiger partial charge in [-0.1, -0.05) is 0 Å². The number of hydrogen-bond donors (Lipinski definition) is 2. The van der Waals surface area contributed by atoms with E-state index in [2.05, 4.69) is 5.32 Å². The first-order valence-electron chi connectivity index (χ1n) is 5.46. The number of nitro benzene ring substituents is 1. The van der Waals surface area contributed by atoms with Gasteiger partial charge in [0, 0.05) is 27.9 Å². The van der Waals surface area contributed by atoms with Gasteiger partial charge in [-0.25, -0.2) is 0 Å². The zero-order chi connectivity index (χ0) is 13.8. The first-order chi connectivity index (χ1) is 9.08. The van der Waals surface area contributed by atoms with E-state index in [1.54, 1.807) is 6.07 Å². The molecule has 5 nitrogen and oxygen atoms in total. The maximum absolute atomic E-state index is 10.6. The number of hydrogen-bond acceptors (Lipinski definition) is 5. The largest absolute Gasteiger partial charge is 0.387 e. The predicted octanol–water partition coefficient (Wildman–Crippen LogP) is 3.41. The highest BCUT2D eigenvalue weighted by Gasteiger charge is 2.11. The third kappa shape index (κ3) is 3.64. The van der Waals surface area contributed by atoms with Crippen molar-refractivity contribution in [2.45, 2.75) is 6.10 Å². The van der Waals surface area contributed by atoms with Crippen LogP contribution in [0.25, 0.3) is 0 Å². The van der Waals surface area contributed by atoms with Crippen LogP contribution in [0.2, 0.25) is 0 Å². The number of nitrogens with zero attached hydrogens (tertiary/aromatic N) is 1. The third-order valence-electron chi connectivity index (χ3n) is 2.58. The molecular weight excluding hydrogens is 379 g/mol. The van der Waals surface area contributed by atoms with Crippen LogP contribution in [-0.4, -0.2) is 16.6 Å². The Kier molecular flexibility index (Phi) is 4.72. The van der Waals surface area contributed by atoms with Crippen LogP contribution >= 0.6 is 33.9 Å². The molecule has 0 saturated heterocycles. The van der Waals surface area contributed by atoms with E-state index in [0.717, 1.165) is 14.8 Å². The van der Waals surface area contributed by atoms with Crippen LogP contribution in [0, 0.1) is 13.7 Å². The molecule has 0 saturated carbocycles. The molecule has 0 spiro atoms. The lowest BCUT2D eigenvalue weighted by Gasteiger charge is -2.12. The smallest absolute Gasteiger partial charge is 0.270 e. The maximum Gasteiger partial charge on any atom is 0.270 e. The molecule has 1 atom stereocenters. The topological polar surface area (TPSA) is 75.4 Å². The number of aliphatic hydroxyl groups excluding tert-OH is 1. The van der Waals surface area contributed by atoms with Crippen molar-refractivity contribution in [3.8, 4) is 0 Å². The second kappa shape index (κ2) is 6.31. The molecular formula is C12H11IN2O3S. The van der Waals surface area contributed by atoms with E-state index < -0.39 is 11.0 Å². The zero-order valence-corrected chi connectivity index (χ0v) is 12.7. The molecule has 2 N–H and O–H groups in total. The number of nitrogens with one attached hydrogen (secondary N) is 1. The molecule has 2 aromatic rings. The fraction of sp³-hybridized carbons (Fsp3) is 0.167. The van der Waals surface area contributed by atoms with Gasteiger partial charge in [-0.3, -0.25) is 10.1 Å². The summed E-state index contributed by atoms with van der Waals surface area (Å²) in [5.74, 6) is 0. The minimum Gasteiger partial charge on any atom is -0.387 e. The quantitative estimate of drug-likeness (QED) is 0.466. The van der Waals surface area contributed by atoms with Crippen LogP contribution in [0.1, 0.15) is 11.7 Å². The summed E-state index contributed by atoms with van der Waals surface area (Å²) in [4.78, 5) is 10.2. The van der Waals surface area contributed by atoms with E-state index in [1.165, 1.54) is 23.5 Å². The highest BCUT2D eigenvalue weighted by atomic mass is 127. The molecule has 100 valence electrons. The van der Waals surface area contributed by atoms with E-state index in [0.29, 0.717) is 6.54 Å². The van der Waals surface area contributed by atoms with E-state index in [4.69, 9.17) is 0 Å². The minimum atomic E-state index is -0.586. The van der Waals surface area contributed by atoms with Gasteiger partial charge in [0.2, 0.25) is 0 Å². The Hall–Kier alpha value is -1.19. The second-order valence-electron chi connectivity index (χ2n) is 3.87. The molecule has 1 unspecified atom stereocenters. The van der Waals surface area contributed by atoms with Gasteiger partial charge in [-0.2, -0.15) is 11.3 Å². The number of benzene rings is 1. The molecule has 0 fully saturated rings. The summed E-state index contributed by atoms with van der Waals surface area (Å²) in [5.41, 5.74) is 1.71. The number of rotatable bonds is 5. The zero-order valence-electron chi connectivity index (χ0n) is 9.75. The second-order valence-corrected chi connectivity index (χ2v) is 5.82. The van der Waals surface area contributed by atoms with Crippen LogP contribution in [-0.2, 0) is 0 Å². The lowest BCUT2D eigenvalue weighted by atomic mass is 10.2. The normalized spacial score (nSPS) is 12.1. The lowest BCUT2D eigenvalue weighted by molar-refractivity contribution is -0.384. The minimum absolute atomic E-state index is 0.0633. The highest BCUT2D eigenvalue weighted by molar-refractivity contribution is 14.1. The van der Waals surface area contributed by atoms with Crippen LogP contribution in [0.15, 0.2) is 35.0 Å². The molecule has 1 aromatic heterocycles. The van der Waals surface area contributed by atoms with Crippen molar-refractivity contribution in [2.24, 2.45) is 0 Å². The van der Waals surface area contributed by atoms with Crippen molar-refractivity contribution >= 4 is 45.3 Å². The lowest BCUT2D eigenvalue weighted by Crippen LogP contribution is -2.12. The van der Waals surface area contributed by atoms with Gasteiger partial charge in [0.1, 0.15) is 0 Å². The molecule has 0 aliphatic rings. The molecule has 0 aliphatic heterocycles. The fourth-order valence-electron chi connectivity index (χ4n) is 1.55. The summed E-state index contributed by atoms with van der Waals surface area (Å²) in [6, 6.07) is 6.47. The Morgan fingerprint density at radius 2 is 2.26 bits per heavy atom. The summed E-state index contributed by atoms with van der Waals surface area (Å²) in [7, 11) is 0. The van der Waals surface area contributed by atoms with Crippen molar-refractivity contribution in [3.05, 3.63) is 54.3 Å². The van der Waals surface area contributed by atoms with Crippen molar-refractivity contribution in [2.75, 3.05) is 11.9 Å². The standard InChI is InChI=1S/C12H11IN2O3S/c13-10-5-9(15(17)18)1-2-11(10)14-6-12(16)8-3-4-19-7-8/h1-5,7,12,14,16H,6H2. The SMILES string of the molecule is O=[N+]([O-])c1ccc(NCC(O)c2ccsc2)c(I)c1. The first kappa shape index (κ1) is 14.2. The summed E-state index contributed by atoms with van der Waals surface area (Å²) < 4.78 is 0.754. The van der Waals surface area contributed by atoms with Crippen molar-refractivity contribution < 1.29 is 10.0 Å². The summed E-state index contributed by atoms with van der Waals surface area (Å²) >= 11 is 3.57. The van der Waals surface area contributed by atoms with E-state index in [9.17, 15) is 15.2 Å². The monoisotopic (exact) mass is 390 g/mol. The van der Waals surface area contributed by atoms with Gasteiger partial charge < -0.3 is 10.4 Å². The molecule has 2 rings (SSSR count). The number of anilines is 1. The fourth-order valence-corrected chi connectivity index (χ4v) is 2.95. The Bertz CT molecular complexity index is 574. The van der Waals surface area contributed by atoms with E-state index >= 15 is 0 Å². The molecule has 0 aliphatic carbocycles. The Morgan fingerprint density at radius 3 is 2.84 bits per heavy atom. The average molecular weight is 390 g/mol. The Morgan fingerprint density at radius 1 is 1.47 bits per heavy atom. The van der Waals surface area contributed by atoms with Gasteiger partial charge in [0.25, 0.3) is 5.69 Å². The number of halogens is 1. The summed E-state index contributed by atoms with van der Waals surface area (Å²) in [6.45, 7) is 0.366. The average Bonchev–Trinajstić information content (AvgIpc) is 2.90. The van der Waals surface area contributed by atoms with E-state index in [1.807, 2.05) is 39.4 Å². The van der Waals surface area contributed by atoms with Gasteiger partial charge in [-0.15, -0.1) is 0 Å². The summed E-state index contributed by atoms with van der Waals surface area (Å²) in [5, 5.41) is 27.5. The molecule has 7 heteroatoms. The molecule has 19 heavy (non-hydrogen) atoms. The number of thiophene rings is 1. The predicted molar refractivity (Wildman–Crippen MR) is 83.6 cm³/mol. The maximum atomic E-state index is 10.6. The highest BCUT2D eigenvalue weighted by Crippen LogP contribution is 2.24. The molecule has 0 amide bonds. The van der Waals surface area contributed by atoms with Gasteiger partial charge >= 0.3 is 0 Å². The molecule has 1 aromatic carbocycles. The van der Waals surface area contributed by atoms with Crippen LogP contribution in [0.5, 0.6) is 0 Å². The van der Waals surface area contributed by atoms with Crippen molar-refractivity contribution in [3.63, 3.8) is 0 Å². The number of nitro groups is 1. The Labute approximate surface area is 127 Å². The summed E-state index contributed by atoms with van der Waals surface area (Å²) in [6.07, 6.45) is -0.586. The van der Waals surface area contributed by atoms with E-state index in [-0.39, 0.29) is 5.69 Å². The first-order valence-corrected chi connectivity index (χ1v) is 7.48. The number of non-ortho nitro benzene ring substituents is 1. The van der Waals surface area contributed by atoms with Crippen LogP contribution < -0.4 is 5.32 Å². The van der Waals surface area contributed by atoms with Gasteiger partial charge in [-0.05, 0) is 51.0 Å². The van der Waals surface area contributed by atoms with Crippen LogP contribution in [0.4, 0.5) is 11.4 Å². The molecule has 0 radical (unpaired) electrons. The number of aliphatic hydroxyl groups is 1. The van der Waals surface area contributed by atoms with Gasteiger partial charge in [0.15, 0.2) is 0 Å².